The summed E-state index contributed by atoms with van der Waals surface area (Å²) >= 11 is 0. The molecule has 11 heteroatoms. The van der Waals surface area contributed by atoms with Crippen molar-refractivity contribution in [1.29, 1.82) is 5.26 Å². The van der Waals surface area contributed by atoms with Gasteiger partial charge in [0.25, 0.3) is 0 Å². The summed E-state index contributed by atoms with van der Waals surface area (Å²) in [7, 11) is 0. The molecule has 0 aromatic heterocycles. The van der Waals surface area contributed by atoms with Crippen LogP contribution in [0.2, 0.25) is 0 Å². The van der Waals surface area contributed by atoms with Gasteiger partial charge in [0.15, 0.2) is 5.78 Å². The molecule has 1 unspecified atom stereocenters. The number of carbonyl (C=O) groups is 5. The highest BCUT2D eigenvalue weighted by Crippen LogP contribution is 2.22. The summed E-state index contributed by atoms with van der Waals surface area (Å²) in [6.07, 6.45) is 2.69. The number of carbonyl (C=O) groups excluding carboxylic acids is 5. The fraction of sp³-hybridized carbons (Fsp3) is 0.600. The minimum absolute atomic E-state index is 0.162. The average Bonchev–Trinajstić information content (AvgIpc) is 3.45. The number of hydrogen-bond acceptors (Lipinski definition) is 7. The summed E-state index contributed by atoms with van der Waals surface area (Å²) in [5.41, 5.74) is -0.119. The van der Waals surface area contributed by atoms with Gasteiger partial charge in [-0.3, -0.25) is 24.0 Å². The molecule has 4 amide bonds. The third-order valence-electron chi connectivity index (χ3n) is 8.09. The number of nitrogens with zero attached hydrogens (tertiary/aromatic N) is 2. The molecule has 3 rings (SSSR count). The summed E-state index contributed by atoms with van der Waals surface area (Å²) in [5, 5.41) is 27.0. The van der Waals surface area contributed by atoms with Crippen LogP contribution in [0.15, 0.2) is 24.3 Å². The number of fused-ring (bicyclic) bond motifs is 1. The van der Waals surface area contributed by atoms with Crippen molar-refractivity contribution in [2.24, 2.45) is 0 Å². The van der Waals surface area contributed by atoms with Gasteiger partial charge < -0.3 is 26.0 Å². The lowest BCUT2D eigenvalue weighted by atomic mass is 9.94. The van der Waals surface area contributed by atoms with Gasteiger partial charge in [-0.1, -0.05) is 31.9 Å². The maximum absolute atomic E-state index is 13.8. The van der Waals surface area contributed by atoms with Crippen LogP contribution in [-0.4, -0.2) is 75.7 Å². The molecule has 222 valence electrons. The number of amides is 4. The van der Waals surface area contributed by atoms with E-state index < -0.39 is 47.5 Å². The Kier molecular flexibility index (Phi) is 11.0. The Hall–Kier alpha value is -3.78. The molecule has 2 fully saturated rings. The number of aliphatic hydroxyl groups excluding tert-OH is 1. The second-order valence-corrected chi connectivity index (χ2v) is 11.2. The van der Waals surface area contributed by atoms with Gasteiger partial charge in [0.2, 0.25) is 23.6 Å². The first kappa shape index (κ1) is 31.7. The first-order valence-electron chi connectivity index (χ1n) is 14.4. The zero-order chi connectivity index (χ0) is 30.2. The molecule has 2 heterocycles. The predicted molar refractivity (Wildman–Crippen MR) is 150 cm³/mol. The largest absolute Gasteiger partial charge is 0.386 e. The number of unbranched alkanes of at least 4 members (excludes halogenated alkanes) is 2. The summed E-state index contributed by atoms with van der Waals surface area (Å²) in [5.74, 6) is -2.01. The first-order chi connectivity index (χ1) is 19.5. The van der Waals surface area contributed by atoms with Crippen LogP contribution in [0, 0.1) is 11.3 Å². The van der Waals surface area contributed by atoms with Crippen molar-refractivity contribution in [2.45, 2.75) is 108 Å². The van der Waals surface area contributed by atoms with Crippen LogP contribution in [-0.2, 0) is 30.4 Å². The molecule has 2 aliphatic heterocycles. The summed E-state index contributed by atoms with van der Waals surface area (Å²) < 4.78 is 0. The van der Waals surface area contributed by atoms with Crippen molar-refractivity contribution >= 4 is 29.4 Å². The Labute approximate surface area is 241 Å². The second kappa shape index (κ2) is 14.2. The van der Waals surface area contributed by atoms with Crippen molar-refractivity contribution in [1.82, 2.24) is 20.9 Å². The molecule has 2 aliphatic rings. The smallest absolute Gasteiger partial charge is 0.246 e. The second-order valence-electron chi connectivity index (χ2n) is 11.2. The van der Waals surface area contributed by atoms with Crippen LogP contribution in [0.1, 0.15) is 83.3 Å². The number of nitriles is 1. The molecule has 0 radical (unpaired) electrons. The summed E-state index contributed by atoms with van der Waals surface area (Å²) in [4.78, 5) is 67.4. The molecule has 0 bridgehead atoms. The molecule has 0 aliphatic carbocycles. The number of ketones is 1. The van der Waals surface area contributed by atoms with E-state index in [4.69, 9.17) is 5.26 Å². The van der Waals surface area contributed by atoms with Crippen LogP contribution in [0.3, 0.4) is 0 Å². The molecular weight excluding hydrogens is 526 g/mol. The molecule has 0 saturated carbocycles. The van der Waals surface area contributed by atoms with Crippen LogP contribution in [0.5, 0.6) is 0 Å². The van der Waals surface area contributed by atoms with Gasteiger partial charge >= 0.3 is 0 Å². The van der Waals surface area contributed by atoms with Gasteiger partial charge in [-0.15, -0.1) is 0 Å². The SMILES string of the molecule is CC[C@]1(C)NC(=O)[C@H](CCCCCC(=O)[C@@H](C)O)NC(=O)C2CCCN2C(=O)[C@H](Cc2ccc(C#N)cc2)NC1=O. The Bertz CT molecular complexity index is 1180. The fourth-order valence-electron chi connectivity index (χ4n) is 5.21. The summed E-state index contributed by atoms with van der Waals surface area (Å²) in [6, 6.07) is 6.16. The highest BCUT2D eigenvalue weighted by atomic mass is 16.3. The van der Waals surface area contributed by atoms with Crippen LogP contribution < -0.4 is 16.0 Å². The summed E-state index contributed by atoms with van der Waals surface area (Å²) in [6.45, 7) is 5.14. The van der Waals surface area contributed by atoms with Gasteiger partial charge in [0, 0.05) is 19.4 Å². The van der Waals surface area contributed by atoms with Crippen molar-refractivity contribution in [3.63, 3.8) is 0 Å². The number of benzene rings is 1. The van der Waals surface area contributed by atoms with Gasteiger partial charge in [-0.2, -0.15) is 5.26 Å². The Morgan fingerprint density at radius 1 is 1.10 bits per heavy atom. The van der Waals surface area contributed by atoms with Crippen molar-refractivity contribution in [3.05, 3.63) is 35.4 Å². The minimum Gasteiger partial charge on any atom is -0.386 e. The quantitative estimate of drug-likeness (QED) is 0.309. The lowest BCUT2D eigenvalue weighted by Gasteiger charge is -2.36. The zero-order valence-electron chi connectivity index (χ0n) is 24.1. The highest BCUT2D eigenvalue weighted by molar-refractivity contribution is 5.99. The fourth-order valence-corrected chi connectivity index (χ4v) is 5.21. The number of nitrogens with one attached hydrogen (secondary N) is 3. The third kappa shape index (κ3) is 8.13. The van der Waals surface area contributed by atoms with Crippen LogP contribution in [0.25, 0.3) is 0 Å². The average molecular weight is 568 g/mol. The lowest BCUT2D eigenvalue weighted by Crippen LogP contribution is -2.65. The van der Waals surface area contributed by atoms with Crippen molar-refractivity contribution < 1.29 is 29.1 Å². The molecule has 41 heavy (non-hydrogen) atoms. The Balaban J connectivity index is 1.83. The van der Waals surface area contributed by atoms with E-state index in [1.54, 1.807) is 38.1 Å². The first-order valence-corrected chi connectivity index (χ1v) is 14.4. The standard InChI is InChI=1S/C30H41N5O6/c1-4-30(3)29(41)33-23(17-20-12-14-21(18-31)15-13-20)28(40)35-16-8-10-24(35)27(39)32-22(26(38)34-30)9-6-5-7-11-25(37)19(2)36/h12-15,19,22-24,36H,4-11,16-17H2,1-3H3,(H,32,39)(H,33,41)(H,34,38)/t19-,22+,23+,24?,30+/m1/s1. The lowest BCUT2D eigenvalue weighted by molar-refractivity contribution is -0.144. The molecule has 5 atom stereocenters. The van der Waals surface area contributed by atoms with Crippen LogP contribution >= 0.6 is 0 Å². The molecular formula is C30H41N5O6. The van der Waals surface area contributed by atoms with E-state index in [1.807, 2.05) is 0 Å². The number of rotatable bonds is 10. The van der Waals surface area contributed by atoms with Gasteiger partial charge in [0.1, 0.15) is 29.8 Å². The topological polar surface area (TPSA) is 169 Å². The van der Waals surface area contributed by atoms with E-state index in [9.17, 15) is 29.1 Å². The molecule has 1 aromatic rings. The van der Waals surface area contributed by atoms with E-state index in [0.717, 1.165) is 5.56 Å². The van der Waals surface area contributed by atoms with Gasteiger partial charge in [-0.05, 0) is 63.6 Å². The molecule has 1 aromatic carbocycles. The van der Waals surface area contributed by atoms with Crippen LogP contribution in [0.4, 0.5) is 0 Å². The highest BCUT2D eigenvalue weighted by Gasteiger charge is 2.43. The maximum atomic E-state index is 13.8. The van der Waals surface area contributed by atoms with E-state index >= 15 is 0 Å². The normalized spacial score (nSPS) is 26.0. The molecule has 11 nitrogen and oxygen atoms in total. The number of Topliss-reactive ketones (excluding diaryl/α,β-unsaturated/α-hetero) is 1. The van der Waals surface area contributed by atoms with Gasteiger partial charge in [0.05, 0.1) is 11.6 Å². The van der Waals surface area contributed by atoms with Crippen molar-refractivity contribution in [2.75, 3.05) is 6.54 Å². The van der Waals surface area contributed by atoms with Gasteiger partial charge in [-0.25, -0.2) is 0 Å². The zero-order valence-corrected chi connectivity index (χ0v) is 24.1. The predicted octanol–water partition coefficient (Wildman–Crippen LogP) is 1.26. The molecule has 4 N–H and O–H groups in total. The molecule has 0 spiro atoms. The third-order valence-corrected chi connectivity index (χ3v) is 8.09. The minimum atomic E-state index is -1.34. The monoisotopic (exact) mass is 567 g/mol. The molecule has 2 saturated heterocycles. The van der Waals surface area contributed by atoms with E-state index in [1.165, 1.54) is 11.8 Å². The van der Waals surface area contributed by atoms with E-state index in [-0.39, 0.29) is 31.0 Å². The van der Waals surface area contributed by atoms with Crippen molar-refractivity contribution in [3.8, 4) is 6.07 Å². The van der Waals surface area contributed by atoms with E-state index in [0.29, 0.717) is 50.6 Å². The Morgan fingerprint density at radius 3 is 2.44 bits per heavy atom. The number of aliphatic hydroxyl groups is 1. The maximum Gasteiger partial charge on any atom is 0.246 e. The Morgan fingerprint density at radius 2 is 1.80 bits per heavy atom. The van der Waals surface area contributed by atoms with E-state index in [2.05, 4.69) is 22.0 Å². The number of hydrogen-bond donors (Lipinski definition) is 4.